The number of aliphatic imine (C=N–C) groups is 1. The number of pyridine rings is 1. The van der Waals surface area contributed by atoms with Crippen LogP contribution in [0.5, 0.6) is 0 Å². The Kier molecular flexibility index (Phi) is 6.89. The molecule has 2 unspecified atom stereocenters. The Morgan fingerprint density at radius 2 is 2.10 bits per heavy atom. The van der Waals surface area contributed by atoms with Crippen LogP contribution in [0.1, 0.15) is 37.9 Å². The van der Waals surface area contributed by atoms with Gasteiger partial charge in [-0.15, -0.1) is 0 Å². The molecule has 1 aliphatic rings. The van der Waals surface area contributed by atoms with Crippen LogP contribution in [0.25, 0.3) is 0 Å². The molecule has 0 saturated carbocycles. The molecule has 0 saturated heterocycles. The maximum absolute atomic E-state index is 13.9. The van der Waals surface area contributed by atoms with Gasteiger partial charge in [0.15, 0.2) is 6.23 Å². The topological polar surface area (TPSA) is 93.3 Å². The molecule has 9 heteroatoms. The van der Waals surface area contributed by atoms with Crippen molar-refractivity contribution in [3.63, 3.8) is 0 Å². The van der Waals surface area contributed by atoms with E-state index in [9.17, 15) is 19.0 Å². The Morgan fingerprint density at radius 3 is 2.74 bits per heavy atom. The molecule has 1 aromatic heterocycles. The Hall–Kier alpha value is -3.01. The first-order valence-electron chi connectivity index (χ1n) is 9.79. The number of hydrogen-bond donors (Lipinski definition) is 3. The average molecular weight is 429 g/mol. The number of hydrazone groups is 1. The third-order valence-electron chi connectivity index (χ3n) is 4.74. The van der Waals surface area contributed by atoms with Gasteiger partial charge in [-0.25, -0.2) is 13.8 Å². The van der Waals surface area contributed by atoms with Gasteiger partial charge in [-0.3, -0.25) is 15.3 Å². The van der Waals surface area contributed by atoms with Gasteiger partial charge < -0.3 is 10.2 Å². The van der Waals surface area contributed by atoms with Gasteiger partial charge in [0.2, 0.25) is 0 Å². The summed E-state index contributed by atoms with van der Waals surface area (Å²) in [6, 6.07) is 7.36. The van der Waals surface area contributed by atoms with Crippen LogP contribution in [0.2, 0.25) is 0 Å². The van der Waals surface area contributed by atoms with Gasteiger partial charge in [0.05, 0.1) is 17.6 Å². The van der Waals surface area contributed by atoms with Crippen LogP contribution >= 0.6 is 0 Å². The van der Waals surface area contributed by atoms with Crippen molar-refractivity contribution >= 4 is 23.3 Å². The van der Waals surface area contributed by atoms with Crippen molar-refractivity contribution in [2.75, 3.05) is 5.01 Å². The van der Waals surface area contributed by atoms with Gasteiger partial charge in [0.1, 0.15) is 11.9 Å². The van der Waals surface area contributed by atoms with Gasteiger partial charge in [-0.2, -0.15) is 5.10 Å². The Balaban J connectivity index is 1.82. The molecule has 2 aromatic rings. The summed E-state index contributed by atoms with van der Waals surface area (Å²) in [5.74, 6) is -3.02. The van der Waals surface area contributed by atoms with Crippen molar-refractivity contribution in [1.82, 2.24) is 10.3 Å². The van der Waals surface area contributed by atoms with Crippen molar-refractivity contribution in [1.29, 1.82) is 0 Å². The molecule has 1 aromatic carbocycles. The molecular weight excluding hydrogens is 404 g/mol. The number of alkyl halides is 2. The molecule has 1 aliphatic heterocycles. The van der Waals surface area contributed by atoms with E-state index in [4.69, 9.17) is 0 Å². The summed E-state index contributed by atoms with van der Waals surface area (Å²) in [6.07, 6.45) is 5.45. The summed E-state index contributed by atoms with van der Waals surface area (Å²) in [5.41, 5.74) is 1.60. The van der Waals surface area contributed by atoms with Crippen molar-refractivity contribution in [2.45, 2.75) is 45.2 Å². The van der Waals surface area contributed by atoms with E-state index in [1.165, 1.54) is 41.7 Å². The molecule has 2 heterocycles. The number of aliphatic hydroxyl groups is 2. The van der Waals surface area contributed by atoms with Crippen LogP contribution in [-0.4, -0.2) is 39.6 Å². The molecule has 7 nitrogen and oxygen atoms in total. The van der Waals surface area contributed by atoms with E-state index in [1.54, 1.807) is 38.2 Å². The summed E-state index contributed by atoms with van der Waals surface area (Å²) in [7, 11) is 0. The lowest BCUT2D eigenvalue weighted by Crippen LogP contribution is -2.42. The standard InChI is InChI=1S/C22H25F2N5O2/c1-4-26-17-11-15(10-16(12-17)22(3,23)24)14(2)27-21(31)19-7-8-20(30)29(28-19)18-6-5-9-25-13-18/h4-14,20-21,27,30-31H,1-3H3/b26-4-/t14-,20?,21?/m1/s1. The van der Waals surface area contributed by atoms with Crippen molar-refractivity contribution in [3.8, 4) is 0 Å². The number of nitrogens with zero attached hydrogens (tertiary/aromatic N) is 4. The summed E-state index contributed by atoms with van der Waals surface area (Å²) in [4.78, 5) is 8.13. The molecule has 0 bridgehead atoms. The fraction of sp³-hybridized carbons (Fsp3) is 0.318. The van der Waals surface area contributed by atoms with Gasteiger partial charge >= 0.3 is 0 Å². The molecule has 3 rings (SSSR count). The molecule has 164 valence electrons. The number of anilines is 1. The summed E-state index contributed by atoms with van der Waals surface area (Å²) in [6.45, 7) is 4.28. The first-order valence-corrected chi connectivity index (χ1v) is 9.79. The fourth-order valence-electron chi connectivity index (χ4n) is 3.11. The lowest BCUT2D eigenvalue weighted by atomic mass is 10.0. The first kappa shape index (κ1) is 22.7. The van der Waals surface area contributed by atoms with E-state index in [0.717, 1.165) is 6.92 Å². The third-order valence-corrected chi connectivity index (χ3v) is 4.74. The highest BCUT2D eigenvalue weighted by Crippen LogP contribution is 2.33. The summed E-state index contributed by atoms with van der Waals surface area (Å²) >= 11 is 0. The van der Waals surface area contributed by atoms with E-state index >= 15 is 0 Å². The molecular formula is C22H25F2N5O2. The average Bonchev–Trinajstić information content (AvgIpc) is 2.74. The Morgan fingerprint density at radius 1 is 1.32 bits per heavy atom. The number of aromatic nitrogens is 1. The quantitative estimate of drug-likeness (QED) is 0.462. The Bertz CT molecular complexity index is 989. The van der Waals surface area contributed by atoms with E-state index in [0.29, 0.717) is 16.9 Å². The second-order valence-electron chi connectivity index (χ2n) is 7.23. The van der Waals surface area contributed by atoms with Crippen molar-refractivity contribution < 1.29 is 19.0 Å². The van der Waals surface area contributed by atoms with E-state index in [1.807, 2.05) is 0 Å². The monoisotopic (exact) mass is 429 g/mol. The molecule has 31 heavy (non-hydrogen) atoms. The SMILES string of the molecule is C/C=N\c1cc([C@@H](C)NC(O)C2=NN(c3cccnc3)C(O)C=C2)cc(C(C)(F)F)c1. The highest BCUT2D eigenvalue weighted by atomic mass is 19.3. The zero-order valence-corrected chi connectivity index (χ0v) is 17.4. The van der Waals surface area contributed by atoms with Gasteiger partial charge in [0.25, 0.3) is 5.92 Å². The van der Waals surface area contributed by atoms with E-state index < -0.39 is 24.4 Å². The number of hydrogen-bond acceptors (Lipinski definition) is 7. The number of benzene rings is 1. The lowest BCUT2D eigenvalue weighted by molar-refractivity contribution is 0.0174. The minimum atomic E-state index is -3.02. The minimum Gasteiger partial charge on any atom is -0.373 e. The van der Waals surface area contributed by atoms with Crippen LogP contribution in [0.4, 0.5) is 20.2 Å². The van der Waals surface area contributed by atoms with Crippen LogP contribution in [0.15, 0.2) is 65.0 Å². The number of nitrogens with one attached hydrogen (secondary N) is 1. The second-order valence-corrected chi connectivity index (χ2v) is 7.23. The summed E-state index contributed by atoms with van der Waals surface area (Å²) < 4.78 is 27.9. The van der Waals surface area contributed by atoms with Gasteiger partial charge in [0, 0.05) is 30.9 Å². The largest absolute Gasteiger partial charge is 0.373 e. The highest BCUT2D eigenvalue weighted by molar-refractivity contribution is 5.99. The molecule has 0 radical (unpaired) electrons. The first-order chi connectivity index (χ1) is 14.7. The molecule has 0 fully saturated rings. The Labute approximate surface area is 179 Å². The maximum atomic E-state index is 13.9. The third kappa shape index (κ3) is 5.57. The smallest absolute Gasteiger partial charge is 0.270 e. The molecule has 0 aliphatic carbocycles. The fourth-order valence-corrected chi connectivity index (χ4v) is 3.11. The van der Waals surface area contributed by atoms with Crippen LogP contribution in [0, 0.1) is 0 Å². The number of aliphatic hydroxyl groups excluding tert-OH is 2. The predicted octanol–water partition coefficient (Wildman–Crippen LogP) is 3.64. The molecule has 0 spiro atoms. The molecule has 3 N–H and O–H groups in total. The van der Waals surface area contributed by atoms with Crippen molar-refractivity contribution in [2.24, 2.45) is 10.1 Å². The van der Waals surface area contributed by atoms with Crippen LogP contribution < -0.4 is 10.3 Å². The number of halogens is 2. The number of rotatable bonds is 7. The van der Waals surface area contributed by atoms with E-state index in [-0.39, 0.29) is 11.3 Å². The minimum absolute atomic E-state index is 0.158. The summed E-state index contributed by atoms with van der Waals surface area (Å²) in [5, 5.41) is 29.4. The van der Waals surface area contributed by atoms with Crippen LogP contribution in [-0.2, 0) is 5.92 Å². The predicted molar refractivity (Wildman–Crippen MR) is 117 cm³/mol. The zero-order chi connectivity index (χ0) is 22.6. The molecule has 0 amide bonds. The second kappa shape index (κ2) is 9.42. The normalized spacial score (nSPS) is 18.9. The van der Waals surface area contributed by atoms with Crippen molar-refractivity contribution in [3.05, 3.63) is 66.0 Å². The lowest BCUT2D eigenvalue weighted by Gasteiger charge is -2.29. The van der Waals surface area contributed by atoms with Crippen LogP contribution in [0.3, 0.4) is 0 Å². The van der Waals surface area contributed by atoms with Gasteiger partial charge in [-0.05, 0) is 61.9 Å². The van der Waals surface area contributed by atoms with Gasteiger partial charge in [-0.1, -0.05) is 0 Å². The van der Waals surface area contributed by atoms with E-state index in [2.05, 4.69) is 20.4 Å². The zero-order valence-electron chi connectivity index (χ0n) is 17.4. The molecule has 3 atom stereocenters. The maximum Gasteiger partial charge on any atom is 0.270 e. The highest BCUT2D eigenvalue weighted by Gasteiger charge is 2.27.